The van der Waals surface area contributed by atoms with Gasteiger partial charge in [0, 0.05) is 6.42 Å². The number of nitrogens with zero attached hydrogens (tertiary/aromatic N) is 2. The van der Waals surface area contributed by atoms with Crippen molar-refractivity contribution >= 4 is 22.4 Å². The van der Waals surface area contributed by atoms with E-state index in [4.69, 9.17) is 4.74 Å². The zero-order valence-electron chi connectivity index (χ0n) is 15.3. The van der Waals surface area contributed by atoms with Gasteiger partial charge in [-0.05, 0) is 30.5 Å². The van der Waals surface area contributed by atoms with E-state index in [1.807, 2.05) is 67.6 Å². The van der Waals surface area contributed by atoms with Crippen LogP contribution < -0.4 is 10.1 Å². The van der Waals surface area contributed by atoms with Crippen LogP contribution in [0.4, 0.5) is 5.13 Å². The van der Waals surface area contributed by atoms with E-state index >= 15 is 0 Å². The number of anilines is 1. The highest BCUT2D eigenvalue weighted by atomic mass is 32.1. The molecular formula is C21H23N3O2S. The van der Waals surface area contributed by atoms with Crippen molar-refractivity contribution < 1.29 is 9.53 Å². The minimum absolute atomic E-state index is 0.0428. The molecule has 1 aromatic heterocycles. The molecule has 0 aliphatic heterocycles. The lowest BCUT2D eigenvalue weighted by Crippen LogP contribution is -2.20. The minimum Gasteiger partial charge on any atom is -0.494 e. The predicted octanol–water partition coefficient (Wildman–Crippen LogP) is 4.68. The van der Waals surface area contributed by atoms with E-state index in [0.29, 0.717) is 11.7 Å². The lowest BCUT2D eigenvalue weighted by Gasteiger charge is -2.13. The first-order valence-corrected chi connectivity index (χ1v) is 9.94. The van der Waals surface area contributed by atoms with Gasteiger partial charge < -0.3 is 4.74 Å². The van der Waals surface area contributed by atoms with Crippen molar-refractivity contribution in [2.45, 2.75) is 32.1 Å². The second-order valence-electron chi connectivity index (χ2n) is 6.13. The maximum Gasteiger partial charge on any atom is 0.233 e. The van der Waals surface area contributed by atoms with Crippen molar-refractivity contribution in [3.63, 3.8) is 0 Å². The number of rotatable bonds is 9. The first-order chi connectivity index (χ1) is 13.3. The van der Waals surface area contributed by atoms with Crippen LogP contribution in [0.25, 0.3) is 0 Å². The van der Waals surface area contributed by atoms with Crippen molar-refractivity contribution in [2.24, 2.45) is 0 Å². The van der Waals surface area contributed by atoms with Gasteiger partial charge in [0.25, 0.3) is 0 Å². The van der Waals surface area contributed by atoms with Gasteiger partial charge in [0.2, 0.25) is 11.0 Å². The summed E-state index contributed by atoms with van der Waals surface area (Å²) in [6, 6.07) is 19.6. The summed E-state index contributed by atoms with van der Waals surface area (Å²) in [5, 5.41) is 12.6. The normalized spacial score (nSPS) is 11.7. The summed E-state index contributed by atoms with van der Waals surface area (Å²) in [5.74, 6) is 0.644. The quantitative estimate of drug-likeness (QED) is 0.547. The van der Waals surface area contributed by atoms with Gasteiger partial charge in [-0.15, -0.1) is 10.2 Å². The van der Waals surface area contributed by atoms with E-state index in [-0.39, 0.29) is 11.8 Å². The monoisotopic (exact) mass is 381 g/mol. The third-order valence-corrected chi connectivity index (χ3v) is 5.07. The molecule has 3 rings (SSSR count). The van der Waals surface area contributed by atoms with E-state index in [1.165, 1.54) is 11.3 Å². The molecule has 2 aromatic carbocycles. The molecule has 6 heteroatoms. The number of hydrogen-bond donors (Lipinski definition) is 1. The molecule has 0 bridgehead atoms. The standard InChI is InChI=1S/C21H23N3O2S/c1-2-18(16-10-5-3-6-11-16)20(25)22-21-24-23-19(27-21)14-9-15-26-17-12-7-4-8-13-17/h3-8,10-13,18H,2,9,14-15H2,1H3,(H,22,24,25). The van der Waals surface area contributed by atoms with Crippen LogP contribution in [0.1, 0.15) is 36.3 Å². The molecule has 0 fully saturated rings. The molecule has 0 spiro atoms. The van der Waals surface area contributed by atoms with Crippen molar-refractivity contribution in [3.8, 4) is 5.75 Å². The Balaban J connectivity index is 1.48. The highest BCUT2D eigenvalue weighted by Crippen LogP contribution is 2.23. The highest BCUT2D eigenvalue weighted by Gasteiger charge is 2.19. The maximum atomic E-state index is 12.6. The van der Waals surface area contributed by atoms with E-state index in [0.717, 1.165) is 35.6 Å². The number of aromatic nitrogens is 2. The lowest BCUT2D eigenvalue weighted by atomic mass is 9.96. The molecule has 0 saturated carbocycles. The molecule has 140 valence electrons. The van der Waals surface area contributed by atoms with Gasteiger partial charge in [0.15, 0.2) is 0 Å². The number of benzene rings is 2. The smallest absolute Gasteiger partial charge is 0.233 e. The largest absolute Gasteiger partial charge is 0.494 e. The summed E-state index contributed by atoms with van der Waals surface area (Å²) < 4.78 is 5.68. The fourth-order valence-electron chi connectivity index (χ4n) is 2.79. The Hall–Kier alpha value is -2.73. The number of carbonyl (C=O) groups excluding carboxylic acids is 1. The number of amides is 1. The topological polar surface area (TPSA) is 64.1 Å². The number of aryl methyl sites for hydroxylation is 1. The summed E-state index contributed by atoms with van der Waals surface area (Å²) in [6.07, 6.45) is 2.35. The SMILES string of the molecule is CCC(C(=O)Nc1nnc(CCCOc2ccccc2)s1)c1ccccc1. The average Bonchev–Trinajstić information content (AvgIpc) is 3.15. The van der Waals surface area contributed by atoms with Crippen molar-refractivity contribution in [1.29, 1.82) is 0 Å². The predicted molar refractivity (Wildman–Crippen MR) is 108 cm³/mol. The van der Waals surface area contributed by atoms with Crippen molar-refractivity contribution in [1.82, 2.24) is 10.2 Å². The van der Waals surface area contributed by atoms with Gasteiger partial charge in [-0.25, -0.2) is 0 Å². The lowest BCUT2D eigenvalue weighted by molar-refractivity contribution is -0.117. The molecule has 1 N–H and O–H groups in total. The first-order valence-electron chi connectivity index (χ1n) is 9.12. The Labute approximate surface area is 163 Å². The van der Waals surface area contributed by atoms with Crippen LogP contribution >= 0.6 is 11.3 Å². The molecule has 0 radical (unpaired) electrons. The maximum absolute atomic E-state index is 12.6. The van der Waals surface area contributed by atoms with Crippen LogP contribution in [-0.4, -0.2) is 22.7 Å². The number of para-hydroxylation sites is 1. The van der Waals surface area contributed by atoms with Crippen molar-refractivity contribution in [3.05, 3.63) is 71.2 Å². The molecule has 0 aliphatic rings. The molecular weight excluding hydrogens is 358 g/mol. The van der Waals surface area contributed by atoms with Gasteiger partial charge in [-0.1, -0.05) is 66.8 Å². The summed E-state index contributed by atoms with van der Waals surface area (Å²) in [4.78, 5) is 12.6. The molecule has 0 saturated heterocycles. The molecule has 27 heavy (non-hydrogen) atoms. The Morgan fingerprint density at radius 1 is 1.07 bits per heavy atom. The third-order valence-electron chi connectivity index (χ3n) is 4.17. The Bertz CT molecular complexity index is 837. The van der Waals surface area contributed by atoms with Gasteiger partial charge in [0.05, 0.1) is 12.5 Å². The Morgan fingerprint density at radius 2 is 1.78 bits per heavy atom. The van der Waals surface area contributed by atoms with Crippen LogP contribution in [0.2, 0.25) is 0 Å². The van der Waals surface area contributed by atoms with E-state index in [1.54, 1.807) is 0 Å². The van der Waals surface area contributed by atoms with Gasteiger partial charge in [-0.3, -0.25) is 10.1 Å². The van der Waals surface area contributed by atoms with E-state index in [2.05, 4.69) is 15.5 Å². The van der Waals surface area contributed by atoms with Crippen LogP contribution in [0.15, 0.2) is 60.7 Å². The molecule has 5 nitrogen and oxygen atoms in total. The molecule has 0 aliphatic carbocycles. The summed E-state index contributed by atoms with van der Waals surface area (Å²) in [6.45, 7) is 2.63. The number of hydrogen-bond acceptors (Lipinski definition) is 5. The molecule has 1 amide bonds. The number of ether oxygens (including phenoxy) is 1. The van der Waals surface area contributed by atoms with Crippen molar-refractivity contribution in [2.75, 3.05) is 11.9 Å². The average molecular weight is 382 g/mol. The van der Waals surface area contributed by atoms with Gasteiger partial charge >= 0.3 is 0 Å². The molecule has 1 atom stereocenters. The van der Waals surface area contributed by atoms with Crippen LogP contribution in [-0.2, 0) is 11.2 Å². The van der Waals surface area contributed by atoms with E-state index < -0.39 is 0 Å². The zero-order chi connectivity index (χ0) is 18.9. The fourth-order valence-corrected chi connectivity index (χ4v) is 3.57. The summed E-state index contributed by atoms with van der Waals surface area (Å²) in [7, 11) is 0. The second kappa shape index (κ2) is 9.83. The minimum atomic E-state index is -0.183. The highest BCUT2D eigenvalue weighted by molar-refractivity contribution is 7.15. The molecule has 1 unspecified atom stereocenters. The van der Waals surface area contributed by atoms with Crippen LogP contribution in [0, 0.1) is 0 Å². The van der Waals surface area contributed by atoms with E-state index in [9.17, 15) is 4.79 Å². The summed E-state index contributed by atoms with van der Waals surface area (Å²) in [5.41, 5.74) is 1.01. The van der Waals surface area contributed by atoms with Crippen LogP contribution in [0.3, 0.4) is 0 Å². The molecule has 3 aromatic rings. The number of nitrogens with one attached hydrogen (secondary N) is 1. The summed E-state index contributed by atoms with van der Waals surface area (Å²) >= 11 is 1.42. The first kappa shape index (κ1) is 19.0. The second-order valence-corrected chi connectivity index (χ2v) is 7.19. The molecule has 1 heterocycles. The Kier molecular flexibility index (Phi) is 6.93. The van der Waals surface area contributed by atoms with Crippen LogP contribution in [0.5, 0.6) is 5.75 Å². The Morgan fingerprint density at radius 3 is 2.48 bits per heavy atom. The van der Waals surface area contributed by atoms with Gasteiger partial charge in [0.1, 0.15) is 10.8 Å². The fraction of sp³-hybridized carbons (Fsp3) is 0.286. The zero-order valence-corrected chi connectivity index (χ0v) is 16.1. The number of carbonyl (C=O) groups is 1. The third kappa shape index (κ3) is 5.62. The van der Waals surface area contributed by atoms with Gasteiger partial charge in [-0.2, -0.15) is 0 Å².